The number of hydrogen-bond acceptors (Lipinski definition) is 6. The normalized spacial score (nSPS) is 17.6. The van der Waals surface area contributed by atoms with E-state index in [1.807, 2.05) is 6.92 Å². The van der Waals surface area contributed by atoms with Crippen molar-refractivity contribution < 1.29 is 17.6 Å². The third kappa shape index (κ3) is 4.85. The molecule has 0 radical (unpaired) electrons. The van der Waals surface area contributed by atoms with Gasteiger partial charge in [-0.3, -0.25) is 4.72 Å². The Morgan fingerprint density at radius 3 is 2.71 bits per heavy atom. The van der Waals surface area contributed by atoms with Gasteiger partial charge in [0.15, 0.2) is 0 Å². The zero-order valence-electron chi connectivity index (χ0n) is 15.5. The molecule has 2 heterocycles. The third-order valence-corrected chi connectivity index (χ3v) is 5.13. The fraction of sp³-hybridized carbons (Fsp3) is 0.444. The summed E-state index contributed by atoms with van der Waals surface area (Å²) in [6.07, 6.45) is -2.04. The number of anilines is 3. The van der Waals surface area contributed by atoms with Crippen molar-refractivity contribution in [2.24, 2.45) is 5.92 Å². The molecule has 1 aliphatic heterocycles. The van der Waals surface area contributed by atoms with E-state index in [0.717, 1.165) is 19.0 Å². The van der Waals surface area contributed by atoms with Crippen LogP contribution in [0.5, 0.6) is 0 Å². The lowest BCUT2D eigenvalue weighted by molar-refractivity contribution is -0.137. The Bertz CT molecular complexity index is 830. The molecule has 2 aromatic rings. The first-order valence-corrected chi connectivity index (χ1v) is 9.69. The van der Waals surface area contributed by atoms with E-state index in [2.05, 4.69) is 20.0 Å². The number of hydrogen-bond donors (Lipinski definition) is 2. The first kappa shape index (κ1) is 20.7. The molecule has 1 atom stereocenters. The van der Waals surface area contributed by atoms with Crippen LogP contribution in [0.2, 0.25) is 0 Å². The maximum absolute atomic E-state index is 14.3. The van der Waals surface area contributed by atoms with Crippen molar-refractivity contribution in [2.45, 2.75) is 30.8 Å². The van der Waals surface area contributed by atoms with Gasteiger partial charge in [0.1, 0.15) is 17.2 Å². The van der Waals surface area contributed by atoms with Crippen LogP contribution in [0.3, 0.4) is 0 Å². The molecule has 10 heteroatoms. The maximum Gasteiger partial charge on any atom is 0.421 e. The average molecular weight is 415 g/mol. The summed E-state index contributed by atoms with van der Waals surface area (Å²) >= 11 is 1.25. The number of aromatic nitrogens is 2. The molecule has 28 heavy (non-hydrogen) atoms. The van der Waals surface area contributed by atoms with Crippen LogP contribution in [-0.2, 0) is 6.18 Å². The van der Waals surface area contributed by atoms with Gasteiger partial charge in [0.25, 0.3) is 0 Å². The second-order valence-corrected chi connectivity index (χ2v) is 7.78. The molecule has 5 nitrogen and oxygen atoms in total. The molecule has 1 aliphatic rings. The molecular weight excluding hydrogens is 394 g/mol. The van der Waals surface area contributed by atoms with E-state index >= 15 is 0 Å². The zero-order chi connectivity index (χ0) is 20.3. The van der Waals surface area contributed by atoms with Crippen LogP contribution in [-0.4, -0.2) is 30.1 Å². The average Bonchev–Trinajstić information content (AvgIpc) is 2.63. The molecule has 152 valence electrons. The number of rotatable bonds is 5. The van der Waals surface area contributed by atoms with Crippen LogP contribution in [0.4, 0.5) is 35.0 Å². The SMILES string of the molecule is CNSc1ccc(Nc2ncc(C(F)(F)F)c(N3CCCC(C)C3)n2)c(F)c1. The second kappa shape index (κ2) is 8.52. The van der Waals surface area contributed by atoms with Crippen LogP contribution in [0.25, 0.3) is 0 Å². The minimum atomic E-state index is -4.56. The molecular formula is C18H21F4N5S. The molecule has 0 saturated carbocycles. The lowest BCUT2D eigenvalue weighted by Crippen LogP contribution is -2.36. The zero-order valence-corrected chi connectivity index (χ0v) is 16.3. The van der Waals surface area contributed by atoms with Crippen LogP contribution in [0, 0.1) is 11.7 Å². The number of nitrogens with one attached hydrogen (secondary N) is 2. The molecule has 1 fully saturated rings. The summed E-state index contributed by atoms with van der Waals surface area (Å²) in [5.41, 5.74) is -0.786. The van der Waals surface area contributed by atoms with Gasteiger partial charge < -0.3 is 10.2 Å². The van der Waals surface area contributed by atoms with E-state index in [-0.39, 0.29) is 23.4 Å². The lowest BCUT2D eigenvalue weighted by atomic mass is 10.00. The molecule has 1 unspecified atom stereocenters. The molecule has 0 bridgehead atoms. The van der Waals surface area contributed by atoms with Gasteiger partial charge in [-0.2, -0.15) is 18.2 Å². The largest absolute Gasteiger partial charge is 0.421 e. The maximum atomic E-state index is 14.3. The molecule has 3 rings (SSSR count). The first-order chi connectivity index (χ1) is 13.3. The van der Waals surface area contributed by atoms with Gasteiger partial charge in [-0.05, 0) is 56.0 Å². The summed E-state index contributed by atoms with van der Waals surface area (Å²) in [5.74, 6) is -0.513. The Hall–Kier alpha value is -2.07. The van der Waals surface area contributed by atoms with Gasteiger partial charge in [-0.15, -0.1) is 0 Å². The summed E-state index contributed by atoms with van der Waals surface area (Å²) in [5, 5.41) is 2.69. The van der Waals surface area contributed by atoms with Crippen LogP contribution < -0.4 is 14.9 Å². The fourth-order valence-electron chi connectivity index (χ4n) is 3.15. The summed E-state index contributed by atoms with van der Waals surface area (Å²) < 4.78 is 57.5. The highest BCUT2D eigenvalue weighted by Crippen LogP contribution is 2.37. The van der Waals surface area contributed by atoms with Crippen molar-refractivity contribution in [3.05, 3.63) is 35.8 Å². The summed E-state index contributed by atoms with van der Waals surface area (Å²) in [7, 11) is 1.72. The summed E-state index contributed by atoms with van der Waals surface area (Å²) in [4.78, 5) is 10.2. The highest BCUT2D eigenvalue weighted by Gasteiger charge is 2.37. The lowest BCUT2D eigenvalue weighted by Gasteiger charge is -2.33. The smallest absolute Gasteiger partial charge is 0.356 e. The van der Waals surface area contributed by atoms with E-state index in [4.69, 9.17) is 0 Å². The Morgan fingerprint density at radius 2 is 2.07 bits per heavy atom. The van der Waals surface area contributed by atoms with E-state index in [1.165, 1.54) is 24.1 Å². The number of alkyl halides is 3. The Morgan fingerprint density at radius 1 is 1.29 bits per heavy atom. The van der Waals surface area contributed by atoms with E-state index in [9.17, 15) is 17.6 Å². The van der Waals surface area contributed by atoms with Crippen LogP contribution >= 0.6 is 11.9 Å². The van der Waals surface area contributed by atoms with Crippen molar-refractivity contribution in [3.8, 4) is 0 Å². The monoisotopic (exact) mass is 415 g/mol. The first-order valence-electron chi connectivity index (χ1n) is 8.87. The van der Waals surface area contributed by atoms with E-state index in [0.29, 0.717) is 18.0 Å². The topological polar surface area (TPSA) is 53.1 Å². The molecule has 1 aromatic carbocycles. The molecule has 0 aliphatic carbocycles. The van der Waals surface area contributed by atoms with E-state index < -0.39 is 17.6 Å². The van der Waals surface area contributed by atoms with Gasteiger partial charge in [-0.25, -0.2) is 9.37 Å². The van der Waals surface area contributed by atoms with Crippen molar-refractivity contribution in [1.29, 1.82) is 0 Å². The predicted octanol–water partition coefficient (Wildman–Crippen LogP) is 4.84. The molecule has 2 N–H and O–H groups in total. The third-order valence-electron chi connectivity index (χ3n) is 4.44. The number of benzene rings is 1. The number of nitrogens with zero attached hydrogens (tertiary/aromatic N) is 3. The minimum absolute atomic E-state index is 0.0749. The summed E-state index contributed by atoms with van der Waals surface area (Å²) in [6, 6.07) is 4.50. The second-order valence-electron chi connectivity index (χ2n) is 6.69. The van der Waals surface area contributed by atoms with Crippen LogP contribution in [0.1, 0.15) is 25.3 Å². The quantitative estimate of drug-likeness (QED) is 0.538. The predicted molar refractivity (Wildman–Crippen MR) is 102 cm³/mol. The number of halogens is 4. The van der Waals surface area contributed by atoms with Gasteiger partial charge in [-0.1, -0.05) is 6.92 Å². The van der Waals surface area contributed by atoms with Crippen molar-refractivity contribution in [2.75, 3.05) is 30.4 Å². The Kier molecular flexibility index (Phi) is 6.29. The number of piperidine rings is 1. The fourth-order valence-corrected chi connectivity index (χ4v) is 3.69. The van der Waals surface area contributed by atoms with Crippen molar-refractivity contribution in [3.63, 3.8) is 0 Å². The highest BCUT2D eigenvalue weighted by molar-refractivity contribution is 7.97. The molecule has 1 saturated heterocycles. The minimum Gasteiger partial charge on any atom is -0.356 e. The van der Waals surface area contributed by atoms with Gasteiger partial charge in [0, 0.05) is 24.2 Å². The summed E-state index contributed by atoms with van der Waals surface area (Å²) in [6.45, 7) is 2.98. The van der Waals surface area contributed by atoms with Crippen molar-refractivity contribution in [1.82, 2.24) is 14.7 Å². The van der Waals surface area contributed by atoms with Crippen LogP contribution in [0.15, 0.2) is 29.3 Å². The highest BCUT2D eigenvalue weighted by atomic mass is 32.2. The van der Waals surface area contributed by atoms with Gasteiger partial charge in [0.05, 0.1) is 5.69 Å². The van der Waals surface area contributed by atoms with E-state index in [1.54, 1.807) is 18.0 Å². The molecule has 1 aromatic heterocycles. The van der Waals surface area contributed by atoms with Crippen molar-refractivity contribution >= 4 is 29.4 Å². The molecule has 0 spiro atoms. The van der Waals surface area contributed by atoms with Gasteiger partial charge >= 0.3 is 6.18 Å². The molecule has 0 amide bonds. The Balaban J connectivity index is 1.91. The van der Waals surface area contributed by atoms with Gasteiger partial charge in [0.2, 0.25) is 5.95 Å². The standard InChI is InChI=1S/C18H21F4N5S/c1-11-4-3-7-27(10-11)16-13(18(20,21)22)9-24-17(26-16)25-15-6-5-12(28-23-2)8-14(15)19/h5-6,8-9,11,23H,3-4,7,10H2,1-2H3,(H,24,25,26). The Labute approximate surface area is 165 Å².